The third-order valence-electron chi connectivity index (χ3n) is 4.40. The van der Waals surface area contributed by atoms with E-state index < -0.39 is 17.0 Å². The van der Waals surface area contributed by atoms with Crippen molar-refractivity contribution in [2.45, 2.75) is 63.4 Å². The van der Waals surface area contributed by atoms with E-state index in [9.17, 15) is 15.0 Å². The van der Waals surface area contributed by atoms with Gasteiger partial charge in [0.2, 0.25) is 0 Å². The van der Waals surface area contributed by atoms with Crippen molar-refractivity contribution in [3.63, 3.8) is 0 Å². The highest BCUT2D eigenvalue weighted by Gasteiger charge is 2.42. The van der Waals surface area contributed by atoms with Gasteiger partial charge in [0.1, 0.15) is 0 Å². The van der Waals surface area contributed by atoms with Gasteiger partial charge in [0, 0.05) is 0 Å². The third-order valence-corrected chi connectivity index (χ3v) is 4.40. The van der Waals surface area contributed by atoms with Gasteiger partial charge < -0.3 is 10.2 Å². The number of carbonyl (C=O) groups is 1. The smallest absolute Gasteiger partial charge is 0.314 e. The monoisotopic (exact) mass is 276 g/mol. The molecule has 0 bridgehead atoms. The highest BCUT2D eigenvalue weighted by molar-refractivity contribution is 5.81. The van der Waals surface area contributed by atoms with Crippen molar-refractivity contribution in [3.8, 4) is 0 Å². The Labute approximate surface area is 120 Å². The average Bonchev–Trinajstić information content (AvgIpc) is 2.87. The molecule has 0 heterocycles. The van der Waals surface area contributed by atoms with Gasteiger partial charge in [-0.3, -0.25) is 4.79 Å². The van der Waals surface area contributed by atoms with Crippen molar-refractivity contribution < 1.29 is 15.0 Å². The third kappa shape index (κ3) is 3.21. The van der Waals surface area contributed by atoms with Crippen LogP contribution in [0.25, 0.3) is 0 Å². The molecule has 1 aromatic rings. The summed E-state index contributed by atoms with van der Waals surface area (Å²) in [4.78, 5) is 11.6. The van der Waals surface area contributed by atoms with Crippen LogP contribution in [0.3, 0.4) is 0 Å². The lowest BCUT2D eigenvalue weighted by Gasteiger charge is -2.24. The van der Waals surface area contributed by atoms with Gasteiger partial charge in [0.15, 0.2) is 0 Å². The Balaban J connectivity index is 2.13. The van der Waals surface area contributed by atoms with Gasteiger partial charge in [-0.25, -0.2) is 0 Å². The first-order valence-electron chi connectivity index (χ1n) is 7.39. The molecule has 1 aliphatic rings. The summed E-state index contributed by atoms with van der Waals surface area (Å²) >= 11 is 0. The molecule has 1 aromatic carbocycles. The van der Waals surface area contributed by atoms with E-state index in [-0.39, 0.29) is 0 Å². The molecule has 3 nitrogen and oxygen atoms in total. The molecule has 2 N–H and O–H groups in total. The van der Waals surface area contributed by atoms with Gasteiger partial charge in [-0.2, -0.15) is 0 Å². The maximum absolute atomic E-state index is 11.6. The van der Waals surface area contributed by atoms with Gasteiger partial charge in [-0.15, -0.1) is 0 Å². The van der Waals surface area contributed by atoms with Gasteiger partial charge in [0.25, 0.3) is 0 Å². The SMILES string of the molecule is CC(C)(O)CCc1ccc(C2(C(=O)O)CCCC2)cc1. The Morgan fingerprint density at radius 2 is 1.75 bits per heavy atom. The van der Waals surface area contributed by atoms with E-state index in [1.807, 2.05) is 24.3 Å². The summed E-state index contributed by atoms with van der Waals surface area (Å²) in [6.07, 6.45) is 4.98. The van der Waals surface area contributed by atoms with Crippen LogP contribution in [0.4, 0.5) is 0 Å². The lowest BCUT2D eigenvalue weighted by Crippen LogP contribution is -2.32. The van der Waals surface area contributed by atoms with Crippen molar-refractivity contribution in [2.75, 3.05) is 0 Å². The lowest BCUT2D eigenvalue weighted by molar-refractivity contribution is -0.143. The molecular weight excluding hydrogens is 252 g/mol. The molecule has 1 aliphatic carbocycles. The van der Waals surface area contributed by atoms with Crippen LogP contribution in [0.2, 0.25) is 0 Å². The molecule has 1 fully saturated rings. The van der Waals surface area contributed by atoms with Crippen LogP contribution in [-0.2, 0) is 16.6 Å². The Kier molecular flexibility index (Phi) is 4.19. The minimum atomic E-state index is -0.695. The predicted octanol–water partition coefficient (Wildman–Crippen LogP) is 3.29. The van der Waals surface area contributed by atoms with Gasteiger partial charge in [0.05, 0.1) is 11.0 Å². The Bertz CT molecular complexity index is 462. The summed E-state index contributed by atoms with van der Waals surface area (Å²) in [5.41, 5.74) is 0.741. The van der Waals surface area contributed by atoms with Crippen molar-refractivity contribution >= 4 is 5.97 Å². The topological polar surface area (TPSA) is 57.5 Å². The quantitative estimate of drug-likeness (QED) is 0.867. The van der Waals surface area contributed by atoms with Crippen LogP contribution in [0.5, 0.6) is 0 Å². The largest absolute Gasteiger partial charge is 0.481 e. The van der Waals surface area contributed by atoms with E-state index in [1.165, 1.54) is 0 Å². The second kappa shape index (κ2) is 5.57. The first-order chi connectivity index (χ1) is 9.33. The molecule has 0 aliphatic heterocycles. The molecule has 2 rings (SSSR count). The molecule has 0 unspecified atom stereocenters. The summed E-state index contributed by atoms with van der Waals surface area (Å²) in [5, 5.41) is 19.3. The summed E-state index contributed by atoms with van der Waals surface area (Å²) in [7, 11) is 0. The molecule has 0 atom stereocenters. The van der Waals surface area contributed by atoms with Crippen LogP contribution >= 0.6 is 0 Å². The molecule has 0 radical (unpaired) electrons. The molecule has 110 valence electrons. The van der Waals surface area contributed by atoms with Crippen LogP contribution in [0.1, 0.15) is 57.1 Å². The molecule has 0 spiro atoms. The van der Waals surface area contributed by atoms with Crippen LogP contribution in [0.15, 0.2) is 24.3 Å². The van der Waals surface area contributed by atoms with E-state index in [4.69, 9.17) is 0 Å². The van der Waals surface area contributed by atoms with E-state index in [0.29, 0.717) is 6.42 Å². The fraction of sp³-hybridized carbons (Fsp3) is 0.588. The number of benzene rings is 1. The molecule has 1 saturated carbocycles. The van der Waals surface area contributed by atoms with Crippen LogP contribution in [-0.4, -0.2) is 21.8 Å². The van der Waals surface area contributed by atoms with E-state index in [0.717, 1.165) is 43.2 Å². The van der Waals surface area contributed by atoms with Crippen molar-refractivity contribution in [3.05, 3.63) is 35.4 Å². The summed E-state index contributed by atoms with van der Waals surface area (Å²) in [5.74, 6) is -0.695. The highest BCUT2D eigenvalue weighted by atomic mass is 16.4. The second-order valence-electron chi connectivity index (χ2n) is 6.60. The van der Waals surface area contributed by atoms with Crippen LogP contribution in [0, 0.1) is 0 Å². The number of carboxylic acids is 1. The average molecular weight is 276 g/mol. The molecule has 20 heavy (non-hydrogen) atoms. The number of aryl methyl sites for hydroxylation is 1. The minimum absolute atomic E-state index is 0.660. The fourth-order valence-electron chi connectivity index (χ4n) is 3.05. The second-order valence-corrected chi connectivity index (χ2v) is 6.60. The van der Waals surface area contributed by atoms with Gasteiger partial charge >= 0.3 is 5.97 Å². The Hall–Kier alpha value is -1.35. The maximum Gasteiger partial charge on any atom is 0.314 e. The Morgan fingerprint density at radius 1 is 1.20 bits per heavy atom. The number of carboxylic acid groups (broad SMARTS) is 1. The van der Waals surface area contributed by atoms with E-state index >= 15 is 0 Å². The molecule has 3 heteroatoms. The zero-order valence-corrected chi connectivity index (χ0v) is 12.4. The predicted molar refractivity (Wildman–Crippen MR) is 78.8 cm³/mol. The maximum atomic E-state index is 11.6. The van der Waals surface area contributed by atoms with E-state index in [1.54, 1.807) is 13.8 Å². The van der Waals surface area contributed by atoms with Gasteiger partial charge in [-0.05, 0) is 50.7 Å². The minimum Gasteiger partial charge on any atom is -0.481 e. The normalized spacial score (nSPS) is 18.1. The fourth-order valence-corrected chi connectivity index (χ4v) is 3.05. The number of rotatable bonds is 5. The molecule has 0 amide bonds. The van der Waals surface area contributed by atoms with Crippen molar-refractivity contribution in [1.29, 1.82) is 0 Å². The first kappa shape index (κ1) is 15.0. The lowest BCUT2D eigenvalue weighted by atomic mass is 9.78. The number of aliphatic carboxylic acids is 1. The zero-order chi connectivity index (χ0) is 14.8. The highest BCUT2D eigenvalue weighted by Crippen LogP contribution is 2.41. The summed E-state index contributed by atoms with van der Waals surface area (Å²) < 4.78 is 0. The summed E-state index contributed by atoms with van der Waals surface area (Å²) in [6.45, 7) is 3.61. The van der Waals surface area contributed by atoms with Crippen LogP contribution < -0.4 is 0 Å². The first-order valence-corrected chi connectivity index (χ1v) is 7.39. The molecular formula is C17H24O3. The van der Waals surface area contributed by atoms with E-state index in [2.05, 4.69) is 0 Å². The number of aliphatic hydroxyl groups is 1. The molecule has 0 aromatic heterocycles. The number of hydrogen-bond acceptors (Lipinski definition) is 2. The van der Waals surface area contributed by atoms with Crippen molar-refractivity contribution in [2.24, 2.45) is 0 Å². The van der Waals surface area contributed by atoms with Gasteiger partial charge in [-0.1, -0.05) is 37.1 Å². The number of hydrogen-bond donors (Lipinski definition) is 2. The molecule has 0 saturated heterocycles. The van der Waals surface area contributed by atoms with Crippen molar-refractivity contribution in [1.82, 2.24) is 0 Å². The summed E-state index contributed by atoms with van der Waals surface area (Å²) in [6, 6.07) is 7.92. The standard InChI is InChI=1S/C17H24O3/c1-16(2,20)12-9-13-5-7-14(8-6-13)17(15(18)19)10-3-4-11-17/h5-8,20H,3-4,9-12H2,1-2H3,(H,18,19). The zero-order valence-electron chi connectivity index (χ0n) is 12.4. The Morgan fingerprint density at radius 3 is 2.20 bits per heavy atom.